The second-order valence-corrected chi connectivity index (χ2v) is 8.80. The van der Waals surface area contributed by atoms with Gasteiger partial charge in [0, 0.05) is 5.92 Å². The van der Waals surface area contributed by atoms with Gasteiger partial charge in [-0.05, 0) is 49.1 Å². The van der Waals surface area contributed by atoms with E-state index in [4.69, 9.17) is 8.92 Å². The maximum Gasteiger partial charge on any atom is 0.339 e. The van der Waals surface area contributed by atoms with Gasteiger partial charge in [-0.25, -0.2) is 0 Å². The molecular formula is C21H20O5S. The number of benzene rings is 2. The SMILES string of the molecule is C=C1CC2COC(=O)C2(Cc2ccc(OS(=O)(=O)c3ccccc3)cc2)C1. The van der Waals surface area contributed by atoms with E-state index in [1.807, 2.05) is 0 Å². The van der Waals surface area contributed by atoms with Crippen LogP contribution >= 0.6 is 0 Å². The average molecular weight is 384 g/mol. The van der Waals surface area contributed by atoms with E-state index in [2.05, 4.69) is 6.58 Å². The lowest BCUT2D eigenvalue weighted by Crippen LogP contribution is -2.31. The minimum absolute atomic E-state index is 0.106. The molecule has 0 bridgehead atoms. The minimum atomic E-state index is -3.87. The van der Waals surface area contributed by atoms with E-state index in [1.165, 1.54) is 12.1 Å². The zero-order valence-electron chi connectivity index (χ0n) is 14.8. The van der Waals surface area contributed by atoms with Gasteiger partial charge in [0.2, 0.25) is 0 Å². The highest BCUT2D eigenvalue weighted by molar-refractivity contribution is 7.87. The summed E-state index contributed by atoms with van der Waals surface area (Å²) in [6.45, 7) is 4.50. The Hall–Kier alpha value is -2.60. The first kappa shape index (κ1) is 17.8. The molecule has 27 heavy (non-hydrogen) atoms. The molecule has 1 aliphatic carbocycles. The highest BCUT2D eigenvalue weighted by atomic mass is 32.2. The molecule has 1 saturated heterocycles. The number of rotatable bonds is 5. The lowest BCUT2D eigenvalue weighted by atomic mass is 9.75. The molecule has 140 valence electrons. The molecule has 0 radical (unpaired) electrons. The fraction of sp³-hybridized carbons (Fsp3) is 0.286. The van der Waals surface area contributed by atoms with Crippen molar-refractivity contribution in [2.75, 3.05) is 6.61 Å². The van der Waals surface area contributed by atoms with Gasteiger partial charge in [0.15, 0.2) is 0 Å². The molecule has 2 aromatic rings. The monoisotopic (exact) mass is 384 g/mol. The van der Waals surface area contributed by atoms with Crippen LogP contribution < -0.4 is 4.18 Å². The molecule has 5 nitrogen and oxygen atoms in total. The summed E-state index contributed by atoms with van der Waals surface area (Å²) in [6.07, 6.45) is 2.03. The van der Waals surface area contributed by atoms with E-state index < -0.39 is 15.5 Å². The summed E-state index contributed by atoms with van der Waals surface area (Å²) >= 11 is 0. The Bertz CT molecular complexity index is 979. The predicted molar refractivity (Wildman–Crippen MR) is 99.7 cm³/mol. The first-order valence-corrected chi connectivity index (χ1v) is 10.2. The van der Waals surface area contributed by atoms with Crippen LogP contribution in [0.2, 0.25) is 0 Å². The smallest absolute Gasteiger partial charge is 0.339 e. The van der Waals surface area contributed by atoms with E-state index in [9.17, 15) is 13.2 Å². The third-order valence-corrected chi connectivity index (χ3v) is 6.65. The molecular weight excluding hydrogens is 364 g/mol. The van der Waals surface area contributed by atoms with Crippen LogP contribution in [-0.4, -0.2) is 21.0 Å². The topological polar surface area (TPSA) is 69.7 Å². The second-order valence-electron chi connectivity index (χ2n) is 7.25. The summed E-state index contributed by atoms with van der Waals surface area (Å²) in [5, 5.41) is 0. The molecule has 1 heterocycles. The first-order chi connectivity index (χ1) is 12.9. The number of hydrogen-bond acceptors (Lipinski definition) is 5. The standard InChI is InChI=1S/C21H20O5S/c1-15-11-17-14-25-20(22)21(17,12-15)13-16-7-9-18(10-8-16)26-27(23,24)19-5-3-2-4-6-19/h2-10,17H,1,11-14H2. The van der Waals surface area contributed by atoms with Gasteiger partial charge >= 0.3 is 16.1 Å². The summed E-state index contributed by atoms with van der Waals surface area (Å²) in [5.41, 5.74) is 1.50. The lowest BCUT2D eigenvalue weighted by molar-refractivity contribution is -0.146. The molecule has 2 aromatic carbocycles. The van der Waals surface area contributed by atoms with Crippen molar-refractivity contribution in [3.63, 3.8) is 0 Å². The van der Waals surface area contributed by atoms with Crippen molar-refractivity contribution in [1.82, 2.24) is 0 Å². The van der Waals surface area contributed by atoms with Crippen molar-refractivity contribution in [2.24, 2.45) is 11.3 Å². The van der Waals surface area contributed by atoms with Crippen LogP contribution in [-0.2, 0) is 26.1 Å². The Balaban J connectivity index is 1.51. The van der Waals surface area contributed by atoms with Crippen molar-refractivity contribution >= 4 is 16.1 Å². The summed E-state index contributed by atoms with van der Waals surface area (Å²) in [6, 6.07) is 14.8. The molecule has 0 aromatic heterocycles. The summed E-state index contributed by atoms with van der Waals surface area (Å²) in [4.78, 5) is 12.5. The van der Waals surface area contributed by atoms with Gasteiger partial charge in [0.25, 0.3) is 0 Å². The third kappa shape index (κ3) is 3.25. The Labute approximate surface area is 158 Å². The van der Waals surface area contributed by atoms with Crippen molar-refractivity contribution in [1.29, 1.82) is 0 Å². The average Bonchev–Trinajstić information content (AvgIpc) is 3.12. The summed E-state index contributed by atoms with van der Waals surface area (Å²) in [5.74, 6) is 0.256. The normalized spacial score (nSPS) is 24.5. The van der Waals surface area contributed by atoms with Gasteiger partial charge in [-0.15, -0.1) is 0 Å². The van der Waals surface area contributed by atoms with Crippen LogP contribution in [0.1, 0.15) is 18.4 Å². The Morgan fingerprint density at radius 1 is 1.11 bits per heavy atom. The van der Waals surface area contributed by atoms with Crippen LogP contribution in [0.15, 0.2) is 71.6 Å². The quantitative estimate of drug-likeness (QED) is 0.448. The largest absolute Gasteiger partial charge is 0.465 e. The van der Waals surface area contributed by atoms with Crippen LogP contribution in [0.3, 0.4) is 0 Å². The van der Waals surface area contributed by atoms with Crippen LogP contribution in [0.5, 0.6) is 5.75 Å². The number of fused-ring (bicyclic) bond motifs is 1. The van der Waals surface area contributed by atoms with Gasteiger partial charge in [-0.3, -0.25) is 4.79 Å². The van der Waals surface area contributed by atoms with Crippen molar-refractivity contribution in [3.8, 4) is 5.75 Å². The summed E-state index contributed by atoms with van der Waals surface area (Å²) in [7, 11) is -3.87. The van der Waals surface area contributed by atoms with Gasteiger partial charge in [0.05, 0.1) is 12.0 Å². The second kappa shape index (κ2) is 6.53. The van der Waals surface area contributed by atoms with Gasteiger partial charge in [-0.2, -0.15) is 8.42 Å². The molecule has 6 heteroatoms. The fourth-order valence-corrected chi connectivity index (χ4v) is 5.00. The number of hydrogen-bond donors (Lipinski definition) is 0. The number of carbonyl (C=O) groups is 1. The van der Waals surface area contributed by atoms with E-state index >= 15 is 0 Å². The molecule has 2 atom stereocenters. The van der Waals surface area contributed by atoms with Crippen molar-refractivity contribution < 1.29 is 22.1 Å². The third-order valence-electron chi connectivity index (χ3n) is 5.38. The summed E-state index contributed by atoms with van der Waals surface area (Å²) < 4.78 is 35.1. The zero-order chi connectivity index (χ0) is 19.1. The Morgan fingerprint density at radius 3 is 2.52 bits per heavy atom. The van der Waals surface area contributed by atoms with E-state index in [1.54, 1.807) is 42.5 Å². The van der Waals surface area contributed by atoms with Gasteiger partial charge < -0.3 is 8.92 Å². The van der Waals surface area contributed by atoms with Gasteiger partial charge in [-0.1, -0.05) is 42.5 Å². The lowest BCUT2D eigenvalue weighted by Gasteiger charge is -2.24. The molecule has 1 aliphatic heterocycles. The van der Waals surface area contributed by atoms with E-state index in [0.29, 0.717) is 19.4 Å². The highest BCUT2D eigenvalue weighted by Gasteiger charge is 2.55. The Kier molecular flexibility index (Phi) is 4.30. The van der Waals surface area contributed by atoms with Gasteiger partial charge in [0.1, 0.15) is 10.6 Å². The Morgan fingerprint density at radius 2 is 1.81 bits per heavy atom. The molecule has 0 N–H and O–H groups in total. The molecule has 1 saturated carbocycles. The predicted octanol–water partition coefficient (Wildman–Crippen LogP) is 3.51. The van der Waals surface area contributed by atoms with Crippen LogP contribution in [0, 0.1) is 11.3 Å². The van der Waals surface area contributed by atoms with E-state index in [-0.39, 0.29) is 22.5 Å². The number of allylic oxidation sites excluding steroid dienone is 1. The van der Waals surface area contributed by atoms with E-state index in [0.717, 1.165) is 17.6 Å². The highest BCUT2D eigenvalue weighted by Crippen LogP contribution is 2.52. The van der Waals surface area contributed by atoms with Crippen molar-refractivity contribution in [2.45, 2.75) is 24.2 Å². The molecule has 4 rings (SSSR count). The minimum Gasteiger partial charge on any atom is -0.465 e. The molecule has 2 unspecified atom stereocenters. The maximum atomic E-state index is 12.4. The molecule has 0 amide bonds. The molecule has 2 aliphatic rings. The number of carbonyl (C=O) groups excluding carboxylic acids is 1. The zero-order valence-corrected chi connectivity index (χ0v) is 15.6. The molecule has 0 spiro atoms. The molecule has 2 fully saturated rings. The first-order valence-electron chi connectivity index (χ1n) is 8.81. The van der Waals surface area contributed by atoms with Crippen molar-refractivity contribution in [3.05, 3.63) is 72.3 Å². The number of esters is 1. The van der Waals surface area contributed by atoms with Crippen LogP contribution in [0.25, 0.3) is 0 Å². The number of ether oxygens (including phenoxy) is 1. The van der Waals surface area contributed by atoms with Crippen LogP contribution in [0.4, 0.5) is 0 Å². The number of cyclic esters (lactones) is 1. The maximum absolute atomic E-state index is 12.4. The fourth-order valence-electron chi connectivity index (χ4n) is 4.05.